The van der Waals surface area contributed by atoms with Gasteiger partial charge in [-0.2, -0.15) is 5.10 Å². The van der Waals surface area contributed by atoms with Gasteiger partial charge >= 0.3 is 0 Å². The Morgan fingerprint density at radius 2 is 2.38 bits per heavy atom. The lowest BCUT2D eigenvalue weighted by Crippen LogP contribution is -2.11. The minimum absolute atomic E-state index is 0.815. The van der Waals surface area contributed by atoms with E-state index in [1.807, 2.05) is 36.1 Å². The molecule has 4 nitrogen and oxygen atoms in total. The Morgan fingerprint density at radius 1 is 1.50 bits per heavy atom. The van der Waals surface area contributed by atoms with Gasteiger partial charge in [0.05, 0.1) is 6.54 Å². The summed E-state index contributed by atoms with van der Waals surface area (Å²) in [5.41, 5.74) is 1.18. The molecule has 2 aromatic rings. The number of rotatable bonds is 4. The van der Waals surface area contributed by atoms with Gasteiger partial charge in [0, 0.05) is 29.6 Å². The fourth-order valence-electron chi connectivity index (χ4n) is 1.37. The van der Waals surface area contributed by atoms with Crippen LogP contribution in [0.5, 0.6) is 0 Å². The van der Waals surface area contributed by atoms with Gasteiger partial charge in [-0.1, -0.05) is 0 Å². The van der Waals surface area contributed by atoms with E-state index in [0.717, 1.165) is 23.4 Å². The van der Waals surface area contributed by atoms with Gasteiger partial charge in [0.2, 0.25) is 0 Å². The van der Waals surface area contributed by atoms with Crippen LogP contribution in [-0.4, -0.2) is 21.3 Å². The number of anilines is 1. The van der Waals surface area contributed by atoms with Crippen molar-refractivity contribution in [2.24, 2.45) is 0 Å². The summed E-state index contributed by atoms with van der Waals surface area (Å²) in [4.78, 5) is 4.27. The van der Waals surface area contributed by atoms with E-state index in [1.165, 1.54) is 5.56 Å². The standard InChI is InChI=1S/C11H13BrN4/c1-9-7-11(14-8-10(9)12)13-4-6-16-5-2-3-15-16/h2-3,5,7-8H,4,6H2,1H3,(H,13,14). The van der Waals surface area contributed by atoms with Crippen molar-refractivity contribution in [2.45, 2.75) is 13.5 Å². The summed E-state index contributed by atoms with van der Waals surface area (Å²) < 4.78 is 2.92. The molecule has 0 bridgehead atoms. The van der Waals surface area contributed by atoms with Gasteiger partial charge in [0.1, 0.15) is 5.82 Å². The van der Waals surface area contributed by atoms with Crippen molar-refractivity contribution in [1.82, 2.24) is 14.8 Å². The minimum Gasteiger partial charge on any atom is -0.368 e. The van der Waals surface area contributed by atoms with Crippen molar-refractivity contribution in [2.75, 3.05) is 11.9 Å². The smallest absolute Gasteiger partial charge is 0.126 e. The molecule has 0 atom stereocenters. The lowest BCUT2D eigenvalue weighted by molar-refractivity contribution is 0.637. The molecule has 0 aliphatic carbocycles. The molecule has 0 spiro atoms. The van der Waals surface area contributed by atoms with Crippen molar-refractivity contribution in [3.05, 3.63) is 40.8 Å². The van der Waals surface area contributed by atoms with E-state index >= 15 is 0 Å². The first-order valence-electron chi connectivity index (χ1n) is 5.09. The van der Waals surface area contributed by atoms with Gasteiger partial charge < -0.3 is 5.32 Å². The maximum Gasteiger partial charge on any atom is 0.126 e. The largest absolute Gasteiger partial charge is 0.368 e. The molecule has 84 valence electrons. The average Bonchev–Trinajstić information content (AvgIpc) is 2.76. The SMILES string of the molecule is Cc1cc(NCCn2cccn2)ncc1Br. The predicted octanol–water partition coefficient (Wildman–Crippen LogP) is 2.46. The van der Waals surface area contributed by atoms with Crippen LogP contribution >= 0.6 is 15.9 Å². The van der Waals surface area contributed by atoms with Crippen LogP contribution in [0.2, 0.25) is 0 Å². The van der Waals surface area contributed by atoms with Crippen LogP contribution in [0.15, 0.2) is 35.2 Å². The fourth-order valence-corrected chi connectivity index (χ4v) is 1.58. The third-order valence-corrected chi connectivity index (χ3v) is 3.08. The molecule has 0 aliphatic heterocycles. The first-order valence-corrected chi connectivity index (χ1v) is 5.88. The Balaban J connectivity index is 1.87. The molecule has 0 amide bonds. The molecule has 2 heterocycles. The molecule has 16 heavy (non-hydrogen) atoms. The van der Waals surface area contributed by atoms with E-state index in [4.69, 9.17) is 0 Å². The van der Waals surface area contributed by atoms with Crippen LogP contribution in [-0.2, 0) is 6.54 Å². The Kier molecular flexibility index (Phi) is 3.56. The van der Waals surface area contributed by atoms with Gasteiger partial charge in [-0.15, -0.1) is 0 Å². The molecule has 0 unspecified atom stereocenters. The van der Waals surface area contributed by atoms with Crippen LogP contribution in [0.1, 0.15) is 5.56 Å². The zero-order valence-corrected chi connectivity index (χ0v) is 10.6. The summed E-state index contributed by atoms with van der Waals surface area (Å²) in [6.07, 6.45) is 5.54. The zero-order chi connectivity index (χ0) is 11.4. The third-order valence-electron chi connectivity index (χ3n) is 2.25. The van der Waals surface area contributed by atoms with Gasteiger partial charge in [-0.05, 0) is 40.5 Å². The Labute approximate surface area is 103 Å². The quantitative estimate of drug-likeness (QED) is 0.936. The molecule has 2 aromatic heterocycles. The Morgan fingerprint density at radius 3 is 3.06 bits per heavy atom. The van der Waals surface area contributed by atoms with Crippen LogP contribution in [0.25, 0.3) is 0 Å². The molecular formula is C11H13BrN4. The van der Waals surface area contributed by atoms with E-state index in [9.17, 15) is 0 Å². The normalized spacial score (nSPS) is 10.4. The number of hydrogen-bond acceptors (Lipinski definition) is 3. The zero-order valence-electron chi connectivity index (χ0n) is 9.02. The number of nitrogens with one attached hydrogen (secondary N) is 1. The summed E-state index contributed by atoms with van der Waals surface area (Å²) in [5.74, 6) is 0.896. The Hall–Kier alpha value is -1.36. The van der Waals surface area contributed by atoms with E-state index < -0.39 is 0 Å². The minimum atomic E-state index is 0.815. The molecule has 1 N–H and O–H groups in total. The van der Waals surface area contributed by atoms with Crippen LogP contribution in [0, 0.1) is 6.92 Å². The first kappa shape index (κ1) is 11.1. The summed E-state index contributed by atoms with van der Waals surface area (Å²) in [5, 5.41) is 7.39. The number of hydrogen-bond donors (Lipinski definition) is 1. The fraction of sp³-hybridized carbons (Fsp3) is 0.273. The van der Waals surface area contributed by atoms with E-state index in [2.05, 4.69) is 31.3 Å². The lowest BCUT2D eigenvalue weighted by atomic mass is 10.3. The number of halogens is 1. The third kappa shape index (κ3) is 2.82. The van der Waals surface area contributed by atoms with E-state index in [0.29, 0.717) is 0 Å². The average molecular weight is 281 g/mol. The molecular weight excluding hydrogens is 268 g/mol. The lowest BCUT2D eigenvalue weighted by Gasteiger charge is -2.07. The molecule has 0 aromatic carbocycles. The summed E-state index contributed by atoms with van der Waals surface area (Å²) in [6, 6.07) is 3.94. The van der Waals surface area contributed by atoms with Gasteiger partial charge in [0.25, 0.3) is 0 Å². The number of aryl methyl sites for hydroxylation is 1. The second-order valence-corrected chi connectivity index (χ2v) is 4.37. The highest BCUT2D eigenvalue weighted by molar-refractivity contribution is 9.10. The maximum absolute atomic E-state index is 4.27. The summed E-state index contributed by atoms with van der Waals surface area (Å²) >= 11 is 3.42. The maximum atomic E-state index is 4.27. The number of aromatic nitrogens is 3. The molecule has 5 heteroatoms. The van der Waals surface area contributed by atoms with Crippen LogP contribution in [0.4, 0.5) is 5.82 Å². The molecule has 0 fully saturated rings. The topological polar surface area (TPSA) is 42.7 Å². The second-order valence-electron chi connectivity index (χ2n) is 3.51. The monoisotopic (exact) mass is 280 g/mol. The molecule has 0 saturated heterocycles. The molecule has 0 aliphatic rings. The molecule has 2 rings (SSSR count). The van der Waals surface area contributed by atoms with E-state index in [1.54, 1.807) is 6.20 Å². The van der Waals surface area contributed by atoms with Gasteiger partial charge in [-0.25, -0.2) is 4.98 Å². The van der Waals surface area contributed by atoms with Crippen LogP contribution < -0.4 is 5.32 Å². The number of pyridine rings is 1. The van der Waals surface area contributed by atoms with Crippen LogP contribution in [0.3, 0.4) is 0 Å². The molecule has 0 saturated carbocycles. The highest BCUT2D eigenvalue weighted by Gasteiger charge is 1.98. The van der Waals surface area contributed by atoms with Gasteiger partial charge in [0.15, 0.2) is 0 Å². The van der Waals surface area contributed by atoms with Crippen molar-refractivity contribution < 1.29 is 0 Å². The second kappa shape index (κ2) is 5.12. The highest BCUT2D eigenvalue weighted by atomic mass is 79.9. The predicted molar refractivity (Wildman–Crippen MR) is 67.4 cm³/mol. The van der Waals surface area contributed by atoms with Crippen molar-refractivity contribution in [3.63, 3.8) is 0 Å². The van der Waals surface area contributed by atoms with Gasteiger partial charge in [-0.3, -0.25) is 4.68 Å². The first-order chi connectivity index (χ1) is 7.75. The Bertz CT molecular complexity index is 453. The van der Waals surface area contributed by atoms with Crippen molar-refractivity contribution >= 4 is 21.7 Å². The summed E-state index contributed by atoms with van der Waals surface area (Å²) in [7, 11) is 0. The van der Waals surface area contributed by atoms with E-state index in [-0.39, 0.29) is 0 Å². The van der Waals surface area contributed by atoms with Crippen molar-refractivity contribution in [1.29, 1.82) is 0 Å². The highest BCUT2D eigenvalue weighted by Crippen LogP contribution is 2.16. The summed E-state index contributed by atoms with van der Waals surface area (Å²) in [6.45, 7) is 3.70. The van der Waals surface area contributed by atoms with Crippen molar-refractivity contribution in [3.8, 4) is 0 Å². The molecule has 0 radical (unpaired) electrons. The number of nitrogens with zero attached hydrogens (tertiary/aromatic N) is 3.